The Kier molecular flexibility index (Phi) is 5.14. The highest BCUT2D eigenvalue weighted by molar-refractivity contribution is 7.19. The number of nitrogens with zero attached hydrogens (tertiary/aromatic N) is 2. The fourth-order valence-corrected chi connectivity index (χ4v) is 5.93. The monoisotopic (exact) mass is 482 g/mol. The van der Waals surface area contributed by atoms with Crippen molar-refractivity contribution in [2.75, 3.05) is 7.11 Å². The molecule has 1 aliphatic rings. The molecule has 0 amide bonds. The molecule has 3 heterocycles. The standard InChI is InChI=1S/C25H23ClN2O4S/c1-25(2)11-15-17(10-18(25)29)33-24-22(15)21(13-4-6-14(32-3)7-5-13)23(26)16(27-24)12-28-19(30)8-9-20(28)31/h4-9,30-31H,10-12H2,1-3H3. The van der Waals surface area contributed by atoms with Crippen LogP contribution < -0.4 is 4.74 Å². The molecule has 2 N–H and O–H groups in total. The lowest BCUT2D eigenvalue weighted by Gasteiger charge is -2.28. The third-order valence-corrected chi connectivity index (χ3v) is 7.88. The number of hydrogen-bond acceptors (Lipinski definition) is 6. The molecule has 0 aliphatic heterocycles. The number of methoxy groups -OCH3 is 1. The molecule has 6 nitrogen and oxygen atoms in total. The average molecular weight is 483 g/mol. The van der Waals surface area contributed by atoms with Gasteiger partial charge in [0.2, 0.25) is 0 Å². The maximum atomic E-state index is 12.7. The van der Waals surface area contributed by atoms with Crippen LogP contribution in [0.2, 0.25) is 5.02 Å². The summed E-state index contributed by atoms with van der Waals surface area (Å²) >= 11 is 8.50. The van der Waals surface area contributed by atoms with Gasteiger partial charge in [0, 0.05) is 39.8 Å². The van der Waals surface area contributed by atoms with Gasteiger partial charge in [-0.3, -0.25) is 9.36 Å². The second kappa shape index (κ2) is 7.78. The van der Waals surface area contributed by atoms with Crippen LogP contribution in [0.4, 0.5) is 0 Å². The molecule has 4 aromatic rings. The van der Waals surface area contributed by atoms with E-state index in [0.29, 0.717) is 23.6 Å². The van der Waals surface area contributed by atoms with Gasteiger partial charge in [0.1, 0.15) is 16.4 Å². The second-order valence-corrected chi connectivity index (χ2v) is 10.4. The zero-order valence-corrected chi connectivity index (χ0v) is 20.0. The van der Waals surface area contributed by atoms with Crippen molar-refractivity contribution in [3.05, 3.63) is 57.6 Å². The highest BCUT2D eigenvalue weighted by Gasteiger charge is 2.37. The molecule has 0 saturated heterocycles. The summed E-state index contributed by atoms with van der Waals surface area (Å²) in [7, 11) is 1.62. The van der Waals surface area contributed by atoms with E-state index in [0.717, 1.165) is 37.5 Å². The van der Waals surface area contributed by atoms with E-state index >= 15 is 0 Å². The van der Waals surface area contributed by atoms with E-state index < -0.39 is 5.41 Å². The molecule has 0 fully saturated rings. The minimum atomic E-state index is -0.452. The molecule has 0 atom stereocenters. The number of carbonyl (C=O) groups is 1. The van der Waals surface area contributed by atoms with Crippen molar-refractivity contribution in [2.45, 2.75) is 33.2 Å². The molecule has 3 aromatic heterocycles. The van der Waals surface area contributed by atoms with Crippen molar-refractivity contribution in [2.24, 2.45) is 5.41 Å². The largest absolute Gasteiger partial charge is 0.497 e. The Bertz CT molecular complexity index is 1380. The summed E-state index contributed by atoms with van der Waals surface area (Å²) in [5, 5.41) is 21.7. The summed E-state index contributed by atoms with van der Waals surface area (Å²) in [6.07, 6.45) is 1.01. The summed E-state index contributed by atoms with van der Waals surface area (Å²) in [6, 6.07) is 10.5. The predicted octanol–water partition coefficient (Wildman–Crippen LogP) is 5.58. The topological polar surface area (TPSA) is 84.6 Å². The number of Topliss-reactive ketones (excluding diaryl/α,β-unsaturated/α-hetero) is 1. The number of aromatic hydroxyl groups is 2. The number of aromatic nitrogens is 2. The number of ketones is 1. The molecule has 0 saturated carbocycles. The van der Waals surface area contributed by atoms with Crippen LogP contribution in [0.5, 0.6) is 17.5 Å². The maximum absolute atomic E-state index is 12.7. The van der Waals surface area contributed by atoms with Gasteiger partial charge >= 0.3 is 0 Å². The van der Waals surface area contributed by atoms with Crippen LogP contribution in [-0.4, -0.2) is 32.7 Å². The Labute approximate surface area is 200 Å². The van der Waals surface area contributed by atoms with Gasteiger partial charge in [0.25, 0.3) is 0 Å². The van der Waals surface area contributed by atoms with Crippen LogP contribution in [-0.2, 0) is 24.2 Å². The van der Waals surface area contributed by atoms with Gasteiger partial charge in [0.15, 0.2) is 11.8 Å². The van der Waals surface area contributed by atoms with Gasteiger partial charge < -0.3 is 14.9 Å². The van der Waals surface area contributed by atoms with E-state index in [1.165, 1.54) is 28.0 Å². The first-order chi connectivity index (χ1) is 15.7. The van der Waals surface area contributed by atoms with Crippen LogP contribution in [0.15, 0.2) is 36.4 Å². The lowest BCUT2D eigenvalue weighted by molar-refractivity contribution is -0.126. The number of rotatable bonds is 4. The summed E-state index contributed by atoms with van der Waals surface area (Å²) in [6.45, 7) is 4.07. The first-order valence-electron chi connectivity index (χ1n) is 10.6. The lowest BCUT2D eigenvalue weighted by Crippen LogP contribution is -2.32. The van der Waals surface area contributed by atoms with Crippen LogP contribution in [0, 0.1) is 5.41 Å². The number of hydrogen-bond donors (Lipinski definition) is 2. The van der Waals surface area contributed by atoms with E-state index in [4.69, 9.17) is 21.3 Å². The molecule has 0 spiro atoms. The number of ether oxygens (including phenoxy) is 1. The maximum Gasteiger partial charge on any atom is 0.194 e. The molecule has 0 bridgehead atoms. The van der Waals surface area contributed by atoms with Crippen LogP contribution in [0.3, 0.4) is 0 Å². The highest BCUT2D eigenvalue weighted by atomic mass is 35.5. The van der Waals surface area contributed by atoms with Gasteiger partial charge in [-0.05, 0) is 29.7 Å². The van der Waals surface area contributed by atoms with Gasteiger partial charge in [-0.25, -0.2) is 4.98 Å². The molecule has 1 aromatic carbocycles. The normalized spacial score (nSPS) is 15.1. The molecular weight excluding hydrogens is 460 g/mol. The Balaban J connectivity index is 1.78. The van der Waals surface area contributed by atoms with Gasteiger partial charge in [-0.1, -0.05) is 37.6 Å². The molecule has 0 unspecified atom stereocenters. The summed E-state index contributed by atoms with van der Waals surface area (Å²) in [5.41, 5.74) is 2.95. The molecular formula is C25H23ClN2O4S. The zero-order valence-electron chi connectivity index (χ0n) is 18.5. The molecule has 0 radical (unpaired) electrons. The molecule has 8 heteroatoms. The van der Waals surface area contributed by atoms with E-state index in [1.807, 2.05) is 38.1 Å². The van der Waals surface area contributed by atoms with E-state index in [2.05, 4.69) is 0 Å². The van der Waals surface area contributed by atoms with E-state index in [1.54, 1.807) is 7.11 Å². The summed E-state index contributed by atoms with van der Waals surface area (Å²) in [5.74, 6) is 0.811. The van der Waals surface area contributed by atoms with Crippen LogP contribution in [0.1, 0.15) is 30.0 Å². The van der Waals surface area contributed by atoms with Crippen molar-refractivity contribution >= 4 is 38.9 Å². The predicted molar refractivity (Wildman–Crippen MR) is 130 cm³/mol. The van der Waals surface area contributed by atoms with E-state index in [-0.39, 0.29) is 24.1 Å². The molecule has 170 valence electrons. The molecule has 1 aliphatic carbocycles. The Morgan fingerprint density at radius 2 is 1.82 bits per heavy atom. The fourth-order valence-electron chi connectivity index (χ4n) is 4.41. The van der Waals surface area contributed by atoms with Crippen molar-refractivity contribution < 1.29 is 19.7 Å². The highest BCUT2D eigenvalue weighted by Crippen LogP contribution is 2.47. The van der Waals surface area contributed by atoms with Gasteiger partial charge in [0.05, 0.1) is 24.4 Å². The van der Waals surface area contributed by atoms with Crippen molar-refractivity contribution in [1.82, 2.24) is 9.55 Å². The zero-order chi connectivity index (χ0) is 23.5. The van der Waals surface area contributed by atoms with Crippen molar-refractivity contribution in [3.8, 4) is 28.6 Å². The number of pyridine rings is 1. The third-order valence-electron chi connectivity index (χ3n) is 6.35. The van der Waals surface area contributed by atoms with Crippen LogP contribution >= 0.6 is 22.9 Å². The average Bonchev–Trinajstić information content (AvgIpc) is 3.28. The van der Waals surface area contributed by atoms with Crippen LogP contribution in [0.25, 0.3) is 21.3 Å². The second-order valence-electron chi connectivity index (χ2n) is 8.96. The number of halogens is 1. The SMILES string of the molecule is COc1ccc(-c2c(Cl)c(Cn3c(O)ccc3O)nc3sc4c(c23)CC(C)(C)C(=O)C4)cc1. The quantitative estimate of drug-likeness (QED) is 0.396. The Morgan fingerprint density at radius 3 is 2.45 bits per heavy atom. The van der Waals surface area contributed by atoms with Crippen molar-refractivity contribution in [1.29, 1.82) is 0 Å². The summed E-state index contributed by atoms with van der Waals surface area (Å²) < 4.78 is 6.66. The molecule has 33 heavy (non-hydrogen) atoms. The minimum Gasteiger partial charge on any atom is -0.497 e. The van der Waals surface area contributed by atoms with E-state index in [9.17, 15) is 15.0 Å². The van der Waals surface area contributed by atoms with Crippen molar-refractivity contribution in [3.63, 3.8) is 0 Å². The molecule has 5 rings (SSSR count). The van der Waals surface area contributed by atoms with Gasteiger partial charge in [-0.2, -0.15) is 0 Å². The first-order valence-corrected chi connectivity index (χ1v) is 11.8. The Morgan fingerprint density at radius 1 is 1.15 bits per heavy atom. The first kappa shape index (κ1) is 21.8. The number of fused-ring (bicyclic) bond motifs is 3. The Hall–Kier alpha value is -3.03. The smallest absolute Gasteiger partial charge is 0.194 e. The number of thiophene rings is 1. The minimum absolute atomic E-state index is 0.0747. The number of carbonyl (C=O) groups excluding carboxylic acids is 1. The third kappa shape index (κ3) is 3.56. The fraction of sp³-hybridized carbons (Fsp3) is 0.280. The van der Waals surface area contributed by atoms with Gasteiger partial charge in [-0.15, -0.1) is 11.3 Å². The number of benzene rings is 1. The lowest BCUT2D eigenvalue weighted by atomic mass is 9.75. The summed E-state index contributed by atoms with van der Waals surface area (Å²) in [4.78, 5) is 19.3.